The minimum atomic E-state index is 0.778. The molecule has 0 saturated carbocycles. The topological polar surface area (TPSA) is 29.3 Å². The summed E-state index contributed by atoms with van der Waals surface area (Å²) >= 11 is 5.88. The molecule has 2 aromatic rings. The van der Waals surface area contributed by atoms with Crippen LogP contribution in [-0.4, -0.2) is 11.9 Å². The zero-order valence-corrected chi connectivity index (χ0v) is 12.1. The van der Waals surface area contributed by atoms with Gasteiger partial charge in [-0.15, -0.1) is 0 Å². The van der Waals surface area contributed by atoms with Gasteiger partial charge in [0.2, 0.25) is 0 Å². The van der Waals surface area contributed by atoms with Crippen LogP contribution >= 0.6 is 11.6 Å². The molecule has 2 nitrogen and oxygen atoms in total. The number of benzene rings is 2. The van der Waals surface area contributed by atoms with Crippen LogP contribution < -0.4 is 5.73 Å². The molecule has 19 heavy (non-hydrogen) atoms. The van der Waals surface area contributed by atoms with E-state index in [4.69, 9.17) is 17.3 Å². The van der Waals surface area contributed by atoms with Crippen molar-refractivity contribution in [2.75, 3.05) is 12.8 Å². The van der Waals surface area contributed by atoms with E-state index in [2.05, 4.69) is 36.2 Å². The molecule has 0 atom stereocenters. The number of nitrogens with zero attached hydrogens (tertiary/aromatic N) is 1. The number of rotatable bonds is 4. The lowest BCUT2D eigenvalue weighted by molar-refractivity contribution is 0.319. The van der Waals surface area contributed by atoms with Crippen molar-refractivity contribution in [2.45, 2.75) is 20.0 Å². The fraction of sp³-hybridized carbons (Fsp3) is 0.250. The minimum Gasteiger partial charge on any atom is -0.399 e. The Balaban J connectivity index is 1.98. The van der Waals surface area contributed by atoms with Gasteiger partial charge >= 0.3 is 0 Å². The molecule has 0 fully saturated rings. The number of hydrogen-bond donors (Lipinski definition) is 1. The Kier molecular flexibility index (Phi) is 4.46. The van der Waals surface area contributed by atoms with Gasteiger partial charge in [-0.25, -0.2) is 0 Å². The van der Waals surface area contributed by atoms with Crippen LogP contribution in [-0.2, 0) is 13.1 Å². The lowest BCUT2D eigenvalue weighted by Gasteiger charge is -2.17. The summed E-state index contributed by atoms with van der Waals surface area (Å²) in [6.45, 7) is 3.85. The van der Waals surface area contributed by atoms with E-state index in [1.54, 1.807) is 0 Å². The van der Waals surface area contributed by atoms with Crippen LogP contribution in [0, 0.1) is 6.92 Å². The van der Waals surface area contributed by atoms with Crippen molar-refractivity contribution in [3.05, 3.63) is 64.2 Å². The van der Waals surface area contributed by atoms with E-state index < -0.39 is 0 Å². The highest BCUT2D eigenvalue weighted by atomic mass is 35.5. The second-order valence-corrected chi connectivity index (χ2v) is 5.43. The maximum atomic E-state index is 5.88. The highest BCUT2D eigenvalue weighted by Crippen LogP contribution is 2.15. The van der Waals surface area contributed by atoms with E-state index in [0.29, 0.717) is 0 Å². The number of anilines is 1. The molecule has 0 unspecified atom stereocenters. The number of nitrogens with two attached hydrogens (primary N) is 1. The molecule has 0 spiro atoms. The molecule has 0 aliphatic rings. The zero-order chi connectivity index (χ0) is 13.8. The molecule has 0 heterocycles. The largest absolute Gasteiger partial charge is 0.399 e. The summed E-state index contributed by atoms with van der Waals surface area (Å²) in [6, 6.07) is 14.2. The third kappa shape index (κ3) is 3.98. The summed E-state index contributed by atoms with van der Waals surface area (Å²) in [6.07, 6.45) is 0. The molecule has 0 saturated heterocycles. The zero-order valence-electron chi connectivity index (χ0n) is 11.4. The van der Waals surface area contributed by atoms with Gasteiger partial charge in [-0.2, -0.15) is 0 Å². The van der Waals surface area contributed by atoms with Gasteiger partial charge in [0.05, 0.1) is 0 Å². The highest BCUT2D eigenvalue weighted by Gasteiger charge is 2.03. The molecule has 2 N–H and O–H groups in total. The Labute approximate surface area is 119 Å². The molecular weight excluding hydrogens is 256 g/mol. The third-order valence-electron chi connectivity index (χ3n) is 3.15. The summed E-state index contributed by atoms with van der Waals surface area (Å²) in [5.41, 5.74) is 10.4. The van der Waals surface area contributed by atoms with Crippen LogP contribution in [0.15, 0.2) is 42.5 Å². The summed E-state index contributed by atoms with van der Waals surface area (Å²) in [5, 5.41) is 0.778. The molecule has 0 aliphatic heterocycles. The van der Waals surface area contributed by atoms with Crippen LogP contribution in [0.2, 0.25) is 5.02 Å². The fourth-order valence-electron chi connectivity index (χ4n) is 2.11. The Morgan fingerprint density at radius 2 is 1.58 bits per heavy atom. The average Bonchev–Trinajstić information content (AvgIpc) is 2.37. The quantitative estimate of drug-likeness (QED) is 0.858. The van der Waals surface area contributed by atoms with Crippen molar-refractivity contribution >= 4 is 17.3 Å². The standard InChI is InChI=1S/C16H19ClN2/c1-12-9-14(5-8-16(12)18)11-19(2)10-13-3-6-15(17)7-4-13/h3-9H,10-11,18H2,1-2H3. The number of halogens is 1. The first kappa shape index (κ1) is 13.9. The molecular formula is C16H19ClN2. The Hall–Kier alpha value is -1.51. The van der Waals surface area contributed by atoms with Crippen LogP contribution in [0.25, 0.3) is 0 Å². The monoisotopic (exact) mass is 274 g/mol. The third-order valence-corrected chi connectivity index (χ3v) is 3.40. The Morgan fingerprint density at radius 1 is 1.00 bits per heavy atom. The van der Waals surface area contributed by atoms with E-state index in [9.17, 15) is 0 Å². The van der Waals surface area contributed by atoms with Crippen LogP contribution in [0.3, 0.4) is 0 Å². The number of aryl methyl sites for hydroxylation is 1. The summed E-state index contributed by atoms with van der Waals surface area (Å²) in [5.74, 6) is 0. The van der Waals surface area contributed by atoms with E-state index in [1.807, 2.05) is 25.1 Å². The summed E-state index contributed by atoms with van der Waals surface area (Å²) in [4.78, 5) is 2.27. The molecule has 0 aromatic heterocycles. The van der Waals surface area contributed by atoms with Gasteiger partial charge in [-0.05, 0) is 48.9 Å². The van der Waals surface area contributed by atoms with Crippen LogP contribution in [0.5, 0.6) is 0 Å². The maximum Gasteiger partial charge on any atom is 0.0406 e. The van der Waals surface area contributed by atoms with Gasteiger partial charge in [-0.1, -0.05) is 35.9 Å². The smallest absolute Gasteiger partial charge is 0.0406 e. The molecule has 0 amide bonds. The molecule has 0 radical (unpaired) electrons. The maximum absolute atomic E-state index is 5.88. The number of hydrogen-bond acceptors (Lipinski definition) is 2. The fourth-order valence-corrected chi connectivity index (χ4v) is 2.23. The molecule has 100 valence electrons. The van der Waals surface area contributed by atoms with E-state index in [1.165, 1.54) is 11.1 Å². The van der Waals surface area contributed by atoms with E-state index in [-0.39, 0.29) is 0 Å². The van der Waals surface area contributed by atoms with Gasteiger partial charge in [0.15, 0.2) is 0 Å². The Morgan fingerprint density at radius 3 is 2.21 bits per heavy atom. The minimum absolute atomic E-state index is 0.778. The van der Waals surface area contributed by atoms with Crippen molar-refractivity contribution in [2.24, 2.45) is 0 Å². The highest BCUT2D eigenvalue weighted by molar-refractivity contribution is 6.30. The molecule has 0 bridgehead atoms. The van der Waals surface area contributed by atoms with Crippen molar-refractivity contribution in [1.82, 2.24) is 4.90 Å². The van der Waals surface area contributed by atoms with Gasteiger partial charge < -0.3 is 5.73 Å². The lowest BCUT2D eigenvalue weighted by atomic mass is 10.1. The number of nitrogen functional groups attached to an aromatic ring is 1. The van der Waals surface area contributed by atoms with Gasteiger partial charge in [0.25, 0.3) is 0 Å². The van der Waals surface area contributed by atoms with Crippen LogP contribution in [0.4, 0.5) is 5.69 Å². The van der Waals surface area contributed by atoms with Gasteiger partial charge in [-0.3, -0.25) is 4.90 Å². The van der Waals surface area contributed by atoms with Crippen molar-refractivity contribution in [1.29, 1.82) is 0 Å². The molecule has 0 aliphatic carbocycles. The van der Waals surface area contributed by atoms with Crippen molar-refractivity contribution in [3.8, 4) is 0 Å². The van der Waals surface area contributed by atoms with Crippen molar-refractivity contribution < 1.29 is 0 Å². The second kappa shape index (κ2) is 6.09. The normalized spacial score (nSPS) is 10.9. The average molecular weight is 275 g/mol. The summed E-state index contributed by atoms with van der Waals surface area (Å²) < 4.78 is 0. The lowest BCUT2D eigenvalue weighted by Crippen LogP contribution is -2.17. The molecule has 2 rings (SSSR count). The van der Waals surface area contributed by atoms with E-state index in [0.717, 1.165) is 29.4 Å². The second-order valence-electron chi connectivity index (χ2n) is 4.99. The first-order valence-corrected chi connectivity index (χ1v) is 6.70. The predicted octanol–water partition coefficient (Wildman–Crippen LogP) is 3.86. The predicted molar refractivity (Wildman–Crippen MR) is 82.2 cm³/mol. The van der Waals surface area contributed by atoms with Gasteiger partial charge in [0.1, 0.15) is 0 Å². The molecule has 2 aromatic carbocycles. The van der Waals surface area contributed by atoms with Crippen LogP contribution in [0.1, 0.15) is 16.7 Å². The SMILES string of the molecule is Cc1cc(CN(C)Cc2ccc(Cl)cc2)ccc1N. The van der Waals surface area contributed by atoms with E-state index >= 15 is 0 Å². The first-order chi connectivity index (χ1) is 9.04. The van der Waals surface area contributed by atoms with Gasteiger partial charge in [0, 0.05) is 23.8 Å². The Bertz CT molecular complexity index is 549. The first-order valence-electron chi connectivity index (χ1n) is 6.32. The van der Waals surface area contributed by atoms with Crippen molar-refractivity contribution in [3.63, 3.8) is 0 Å². The summed E-state index contributed by atoms with van der Waals surface area (Å²) in [7, 11) is 2.11. The molecule has 3 heteroatoms.